The summed E-state index contributed by atoms with van der Waals surface area (Å²) in [4.78, 5) is 61.3. The molecular weight excluding hydrogens is 931 g/mol. The number of ether oxygens (including phenoxy) is 1. The van der Waals surface area contributed by atoms with Crippen molar-refractivity contribution in [3.8, 4) is 5.75 Å². The van der Waals surface area contributed by atoms with Gasteiger partial charge in [0.15, 0.2) is 0 Å². The maximum Gasteiger partial charge on any atom is 0.234 e. The molecule has 17 heteroatoms. The van der Waals surface area contributed by atoms with Crippen molar-refractivity contribution in [1.82, 2.24) is 30.1 Å². The minimum absolute atomic E-state index is 0.0239. The van der Waals surface area contributed by atoms with E-state index in [1.807, 2.05) is 55.5 Å². The van der Waals surface area contributed by atoms with Crippen LogP contribution in [-0.2, 0) is 25.4 Å². The zero-order valence-electron chi connectivity index (χ0n) is 39.0. The van der Waals surface area contributed by atoms with Crippen molar-refractivity contribution in [3.05, 3.63) is 88.2 Å². The molecule has 2 aromatic heterocycles. The van der Waals surface area contributed by atoms with Crippen LogP contribution in [0.2, 0.25) is 0 Å². The van der Waals surface area contributed by atoms with Crippen molar-refractivity contribution in [2.75, 3.05) is 93.2 Å². The van der Waals surface area contributed by atoms with Crippen LogP contribution in [0.25, 0.3) is 10.9 Å². The predicted octanol–water partition coefficient (Wildman–Crippen LogP) is 7.56. The monoisotopic (exact) mass is 990 g/mol. The number of imide groups is 1. The van der Waals surface area contributed by atoms with Gasteiger partial charge >= 0.3 is 0 Å². The van der Waals surface area contributed by atoms with Gasteiger partial charge in [-0.3, -0.25) is 29.6 Å². The number of halogens is 1. The number of nitrogens with zero attached hydrogens (tertiary/aromatic N) is 7. The Morgan fingerprint density at radius 1 is 0.881 bits per heavy atom. The van der Waals surface area contributed by atoms with Crippen molar-refractivity contribution in [3.63, 3.8) is 0 Å². The number of fused-ring (bicyclic) bond motifs is 1. The van der Waals surface area contributed by atoms with E-state index < -0.39 is 7.14 Å². The summed E-state index contributed by atoms with van der Waals surface area (Å²) in [6, 6.07) is 20.6. The highest BCUT2D eigenvalue weighted by atomic mass is 79.9. The van der Waals surface area contributed by atoms with Gasteiger partial charge in [0.2, 0.25) is 23.7 Å². The lowest BCUT2D eigenvalue weighted by atomic mass is 9.90. The van der Waals surface area contributed by atoms with Crippen LogP contribution in [0.5, 0.6) is 5.75 Å². The fraction of sp³-hybridized carbons (Fsp3) is 0.440. The van der Waals surface area contributed by atoms with E-state index in [1.54, 1.807) is 26.6 Å². The summed E-state index contributed by atoms with van der Waals surface area (Å²) in [6.45, 7) is 14.3. The standard InChI is InChI=1S/C50H60BrN10O5P/c1-6-32-27-42(55-50-52-29-39(51)47(57-50)54-41-15-14-40-38(12-7-31(2)53-40)46(41)67(4,5)65)44(66-3)28-43(32)59-21-18-36(19-22-59)58-23-25-60(26-24-58)49(64)34-17-20-61(30-34)35-10-8-33(9-11-35)37-13-16-45(62)56-48(37)63/h7-12,14-15,27-29,34,36-37H,6,13,16-26,30H2,1-5H3,(H,56,62,63)(H2,52,54,55,57)/t34-,37+/m1/s1. The van der Waals surface area contributed by atoms with Crippen LogP contribution in [0.3, 0.4) is 0 Å². The van der Waals surface area contributed by atoms with Crippen LogP contribution < -0.4 is 35.8 Å². The van der Waals surface area contributed by atoms with Gasteiger partial charge in [0.1, 0.15) is 18.7 Å². The number of methoxy groups -OCH3 is 1. The lowest BCUT2D eigenvalue weighted by Gasteiger charge is -2.44. The normalized spacial score (nSPS) is 19.8. The molecule has 3 amide bonds. The Kier molecular flexibility index (Phi) is 13.6. The summed E-state index contributed by atoms with van der Waals surface area (Å²) in [5, 5.41) is 10.9. The molecule has 4 saturated heterocycles. The number of carbonyl (C=O) groups is 3. The van der Waals surface area contributed by atoms with Crippen LogP contribution in [0.4, 0.5) is 34.5 Å². The first-order chi connectivity index (χ1) is 32.3. The number of amides is 3. The van der Waals surface area contributed by atoms with Gasteiger partial charge in [-0.25, -0.2) is 4.98 Å². The average Bonchev–Trinajstić information content (AvgIpc) is 3.83. The second-order valence-corrected chi connectivity index (χ2v) is 22.6. The highest BCUT2D eigenvalue weighted by Gasteiger charge is 2.36. The molecule has 5 aromatic rings. The molecule has 9 rings (SSSR count). The number of pyridine rings is 1. The molecule has 0 aliphatic carbocycles. The minimum atomic E-state index is -2.73. The van der Waals surface area contributed by atoms with Gasteiger partial charge in [-0.1, -0.05) is 25.1 Å². The highest BCUT2D eigenvalue weighted by Crippen LogP contribution is 2.43. The van der Waals surface area contributed by atoms with Crippen LogP contribution in [0, 0.1) is 12.8 Å². The molecule has 0 bridgehead atoms. The second-order valence-electron chi connectivity index (χ2n) is 18.6. The third-order valence-electron chi connectivity index (χ3n) is 13.9. The summed E-state index contributed by atoms with van der Waals surface area (Å²) in [5.41, 5.74) is 7.53. The van der Waals surface area contributed by atoms with Gasteiger partial charge in [0.25, 0.3) is 0 Å². The number of benzene rings is 3. The summed E-state index contributed by atoms with van der Waals surface area (Å²) in [5.74, 6) is 1.12. The van der Waals surface area contributed by atoms with Crippen molar-refractivity contribution in [2.24, 2.45) is 5.92 Å². The van der Waals surface area contributed by atoms with Crippen LogP contribution in [0.15, 0.2) is 71.3 Å². The molecule has 0 radical (unpaired) electrons. The number of aryl methyl sites for hydroxylation is 2. The van der Waals surface area contributed by atoms with E-state index >= 15 is 0 Å². The molecule has 15 nitrogen and oxygen atoms in total. The summed E-state index contributed by atoms with van der Waals surface area (Å²) in [7, 11) is -1.05. The van der Waals surface area contributed by atoms with Crippen molar-refractivity contribution in [1.29, 1.82) is 0 Å². The van der Waals surface area contributed by atoms with E-state index in [4.69, 9.17) is 9.72 Å². The first kappa shape index (κ1) is 46.5. The lowest BCUT2D eigenvalue weighted by molar-refractivity contribution is -0.137. The Labute approximate surface area is 400 Å². The van der Waals surface area contributed by atoms with Gasteiger partial charge in [-0.05, 0) is 116 Å². The van der Waals surface area contributed by atoms with Crippen molar-refractivity contribution in [2.45, 2.75) is 64.3 Å². The number of rotatable bonds is 12. The number of aromatic nitrogens is 3. The second kappa shape index (κ2) is 19.6. The number of anilines is 6. The molecule has 2 atom stereocenters. The van der Waals surface area contributed by atoms with Gasteiger partial charge in [-0.15, -0.1) is 0 Å². The number of hydrogen-bond acceptors (Lipinski definition) is 13. The van der Waals surface area contributed by atoms with E-state index in [0.29, 0.717) is 53.1 Å². The van der Waals surface area contributed by atoms with Crippen LogP contribution in [-0.4, -0.2) is 121 Å². The molecule has 0 saturated carbocycles. The van der Waals surface area contributed by atoms with E-state index in [9.17, 15) is 18.9 Å². The quantitative estimate of drug-likeness (QED) is 0.0830. The Morgan fingerprint density at radius 2 is 1.63 bits per heavy atom. The van der Waals surface area contributed by atoms with E-state index in [2.05, 4.69) is 80.5 Å². The zero-order chi connectivity index (χ0) is 47.0. The number of hydrogen-bond donors (Lipinski definition) is 3. The molecule has 3 aromatic carbocycles. The molecular formula is C50H60BrN10O5P. The molecule has 4 aliphatic rings. The molecule has 6 heterocycles. The largest absolute Gasteiger partial charge is 0.494 e. The first-order valence-corrected chi connectivity index (χ1v) is 26.9. The summed E-state index contributed by atoms with van der Waals surface area (Å²) in [6.07, 6.45) is 6.35. The fourth-order valence-electron chi connectivity index (χ4n) is 10.4. The number of nitrogens with one attached hydrogen (secondary N) is 3. The van der Waals surface area contributed by atoms with E-state index in [-0.39, 0.29) is 29.6 Å². The molecule has 3 N–H and O–H groups in total. The van der Waals surface area contributed by atoms with E-state index in [0.717, 1.165) is 110 Å². The van der Waals surface area contributed by atoms with Crippen molar-refractivity contribution < 1.29 is 23.7 Å². The maximum absolute atomic E-state index is 13.8. The Hall–Kier alpha value is -5.57. The topological polar surface area (TPSA) is 165 Å². The third kappa shape index (κ3) is 10.0. The number of piperazine rings is 1. The maximum atomic E-state index is 13.8. The Bertz CT molecular complexity index is 2730. The van der Waals surface area contributed by atoms with E-state index in [1.165, 1.54) is 11.3 Å². The Balaban J connectivity index is 0.790. The first-order valence-electron chi connectivity index (χ1n) is 23.5. The SMILES string of the molecule is CCc1cc(Nc2ncc(Br)c(Nc3ccc4nc(C)ccc4c3P(C)(C)=O)n2)c(OC)cc1N1CCC(N2CCN(C(=O)[C@@H]3CCN(c4ccc([C@@H]5CCC(=O)NC5=O)cc4)C3)CC2)CC1. The predicted molar refractivity (Wildman–Crippen MR) is 270 cm³/mol. The summed E-state index contributed by atoms with van der Waals surface area (Å²) >= 11 is 3.62. The smallest absolute Gasteiger partial charge is 0.234 e. The Morgan fingerprint density at radius 3 is 2.33 bits per heavy atom. The third-order valence-corrected chi connectivity index (χ3v) is 16.1. The van der Waals surface area contributed by atoms with Crippen LogP contribution >= 0.6 is 23.1 Å². The van der Waals surface area contributed by atoms with Gasteiger partial charge < -0.3 is 34.6 Å². The van der Waals surface area contributed by atoms with Gasteiger partial charge in [0.05, 0.1) is 40.3 Å². The molecule has 4 aliphatic heterocycles. The highest BCUT2D eigenvalue weighted by molar-refractivity contribution is 9.10. The van der Waals surface area contributed by atoms with Crippen molar-refractivity contribution >= 4 is 91.5 Å². The number of carbonyl (C=O) groups excluding carboxylic acids is 3. The molecule has 4 fully saturated rings. The zero-order valence-corrected chi connectivity index (χ0v) is 41.5. The summed E-state index contributed by atoms with van der Waals surface area (Å²) < 4.78 is 20.3. The molecule has 67 heavy (non-hydrogen) atoms. The molecule has 0 unspecified atom stereocenters. The van der Waals surface area contributed by atoms with Crippen LogP contribution in [0.1, 0.15) is 61.8 Å². The minimum Gasteiger partial charge on any atom is -0.494 e. The molecule has 0 spiro atoms. The number of piperidine rings is 2. The van der Waals surface area contributed by atoms with Gasteiger partial charge in [-0.2, -0.15) is 4.98 Å². The average molecular weight is 992 g/mol. The van der Waals surface area contributed by atoms with Gasteiger partial charge in [0, 0.05) is 105 Å². The molecule has 352 valence electrons. The lowest BCUT2D eigenvalue weighted by Crippen LogP contribution is -2.55. The fourth-order valence-corrected chi connectivity index (χ4v) is 12.1.